The minimum Gasteiger partial charge on any atom is -0.399 e. The predicted molar refractivity (Wildman–Crippen MR) is 84.6 cm³/mol. The number of rotatable bonds is 2. The van der Waals surface area contributed by atoms with Crippen molar-refractivity contribution in [2.45, 2.75) is 45.8 Å². The Morgan fingerprint density at radius 3 is 2.32 bits per heavy atom. The van der Waals surface area contributed by atoms with Gasteiger partial charge in [0.25, 0.3) is 5.95 Å². The third-order valence-corrected chi connectivity index (χ3v) is 4.49. The molecule has 0 aromatic carbocycles. The number of nitrogens with zero attached hydrogens (tertiary/aromatic N) is 4. The molecule has 0 bridgehead atoms. The van der Waals surface area contributed by atoms with Crippen molar-refractivity contribution in [3.63, 3.8) is 0 Å². The van der Waals surface area contributed by atoms with Crippen LogP contribution >= 0.6 is 11.6 Å². The van der Waals surface area contributed by atoms with E-state index >= 15 is 0 Å². The maximum Gasteiger partial charge on any atom is 0.499 e. The normalized spacial score (nSPS) is 19.6. The Morgan fingerprint density at radius 1 is 1.18 bits per heavy atom. The molecule has 0 unspecified atom stereocenters. The molecule has 0 N–H and O–H groups in total. The number of aromatic nitrogens is 4. The quantitative estimate of drug-likeness (QED) is 0.625. The molecule has 3 heterocycles. The van der Waals surface area contributed by atoms with E-state index in [1.807, 2.05) is 40.7 Å². The first-order chi connectivity index (χ1) is 10.2. The Labute approximate surface area is 135 Å². The number of aryl methyl sites for hydroxylation is 1. The number of hydrogen-bond donors (Lipinski definition) is 0. The highest BCUT2D eigenvalue weighted by molar-refractivity contribution is 6.65. The molecule has 1 saturated heterocycles. The average Bonchev–Trinajstić information content (AvgIpc) is 2.91. The van der Waals surface area contributed by atoms with Crippen molar-refractivity contribution in [1.82, 2.24) is 19.7 Å². The van der Waals surface area contributed by atoms with Gasteiger partial charge in [-0.15, -0.1) is 0 Å². The van der Waals surface area contributed by atoms with E-state index in [-0.39, 0.29) is 0 Å². The van der Waals surface area contributed by atoms with Crippen molar-refractivity contribution < 1.29 is 9.31 Å². The molecule has 2 aromatic heterocycles. The molecule has 0 saturated carbocycles. The molecule has 0 atom stereocenters. The van der Waals surface area contributed by atoms with Crippen molar-refractivity contribution >= 4 is 24.2 Å². The first kappa shape index (κ1) is 15.5. The molecule has 6 nitrogen and oxygen atoms in total. The summed E-state index contributed by atoms with van der Waals surface area (Å²) in [5.41, 5.74) is 0.639. The van der Waals surface area contributed by atoms with E-state index in [0.717, 1.165) is 5.69 Å². The summed E-state index contributed by atoms with van der Waals surface area (Å²) in [5, 5.41) is 4.57. The Kier molecular flexibility index (Phi) is 3.54. The lowest BCUT2D eigenvalue weighted by molar-refractivity contribution is 0.00578. The van der Waals surface area contributed by atoms with Crippen LogP contribution in [0.2, 0.25) is 5.15 Å². The summed E-state index contributed by atoms with van der Waals surface area (Å²) in [4.78, 5) is 8.60. The minimum absolute atomic E-state index is 0.302. The molecule has 8 heteroatoms. The van der Waals surface area contributed by atoms with Crippen molar-refractivity contribution in [3.8, 4) is 5.95 Å². The smallest absolute Gasteiger partial charge is 0.399 e. The highest BCUT2D eigenvalue weighted by Crippen LogP contribution is 2.36. The Balaban J connectivity index is 1.91. The van der Waals surface area contributed by atoms with Crippen LogP contribution in [-0.2, 0) is 9.31 Å². The van der Waals surface area contributed by atoms with Crippen LogP contribution in [0.1, 0.15) is 33.4 Å². The first-order valence-corrected chi connectivity index (χ1v) is 7.48. The van der Waals surface area contributed by atoms with Crippen molar-refractivity contribution in [2.24, 2.45) is 0 Å². The third kappa shape index (κ3) is 2.53. The van der Waals surface area contributed by atoms with Crippen LogP contribution in [0, 0.1) is 6.92 Å². The van der Waals surface area contributed by atoms with E-state index in [2.05, 4.69) is 15.1 Å². The maximum absolute atomic E-state index is 6.30. The zero-order chi connectivity index (χ0) is 16.1. The predicted octanol–water partition coefficient (Wildman–Crippen LogP) is 1.92. The third-order valence-electron chi connectivity index (χ3n) is 4.19. The van der Waals surface area contributed by atoms with Crippen LogP contribution in [0.4, 0.5) is 0 Å². The van der Waals surface area contributed by atoms with Gasteiger partial charge >= 0.3 is 7.12 Å². The van der Waals surface area contributed by atoms with E-state index < -0.39 is 18.3 Å². The topological polar surface area (TPSA) is 62.1 Å². The zero-order valence-electron chi connectivity index (χ0n) is 13.3. The molecule has 116 valence electrons. The second-order valence-electron chi connectivity index (χ2n) is 6.41. The summed E-state index contributed by atoms with van der Waals surface area (Å²) in [6.07, 6.45) is 3.42. The SMILES string of the molecule is Cc1ccn(-c2ncc(B3OC(C)(C)C(C)(C)O3)c(Cl)n2)n1. The summed E-state index contributed by atoms with van der Waals surface area (Å²) in [6, 6.07) is 1.87. The van der Waals surface area contributed by atoms with Gasteiger partial charge in [-0.25, -0.2) is 9.67 Å². The van der Waals surface area contributed by atoms with Crippen molar-refractivity contribution in [1.29, 1.82) is 0 Å². The average molecular weight is 321 g/mol. The molecule has 22 heavy (non-hydrogen) atoms. The van der Waals surface area contributed by atoms with Crippen molar-refractivity contribution in [3.05, 3.63) is 29.3 Å². The van der Waals surface area contributed by atoms with Gasteiger partial charge in [0.15, 0.2) is 0 Å². The van der Waals surface area contributed by atoms with Gasteiger partial charge in [0.05, 0.1) is 16.9 Å². The monoisotopic (exact) mass is 320 g/mol. The molecule has 0 spiro atoms. The van der Waals surface area contributed by atoms with Crippen LogP contribution in [0.5, 0.6) is 0 Å². The lowest BCUT2D eigenvalue weighted by Gasteiger charge is -2.32. The molecule has 0 aliphatic carbocycles. The summed E-state index contributed by atoms with van der Waals surface area (Å²) in [5.74, 6) is 0.415. The van der Waals surface area contributed by atoms with Gasteiger partial charge in [-0.3, -0.25) is 0 Å². The maximum atomic E-state index is 6.30. The van der Waals surface area contributed by atoms with Gasteiger partial charge in [-0.2, -0.15) is 10.1 Å². The van der Waals surface area contributed by atoms with E-state index in [1.54, 1.807) is 17.1 Å². The van der Waals surface area contributed by atoms with Gasteiger partial charge in [-0.05, 0) is 40.7 Å². The highest BCUT2D eigenvalue weighted by Gasteiger charge is 2.52. The molecular weight excluding hydrogens is 302 g/mol. The fraction of sp³-hybridized carbons (Fsp3) is 0.500. The van der Waals surface area contributed by atoms with Crippen LogP contribution < -0.4 is 5.46 Å². The molecule has 0 radical (unpaired) electrons. The first-order valence-electron chi connectivity index (χ1n) is 7.10. The molecular formula is C14H18BClN4O2. The second-order valence-corrected chi connectivity index (χ2v) is 6.76. The van der Waals surface area contributed by atoms with Gasteiger partial charge in [0, 0.05) is 17.9 Å². The molecule has 1 fully saturated rings. The van der Waals surface area contributed by atoms with E-state index in [0.29, 0.717) is 16.6 Å². The minimum atomic E-state index is -0.578. The summed E-state index contributed by atoms with van der Waals surface area (Å²) < 4.78 is 13.5. The summed E-state index contributed by atoms with van der Waals surface area (Å²) in [6.45, 7) is 9.85. The van der Waals surface area contributed by atoms with Gasteiger partial charge < -0.3 is 9.31 Å². The lowest BCUT2D eigenvalue weighted by Crippen LogP contribution is -2.41. The lowest BCUT2D eigenvalue weighted by atomic mass is 9.81. The molecule has 1 aliphatic heterocycles. The fourth-order valence-corrected chi connectivity index (χ4v) is 2.34. The summed E-state index contributed by atoms with van der Waals surface area (Å²) >= 11 is 6.30. The number of halogens is 1. The van der Waals surface area contributed by atoms with Crippen LogP contribution in [-0.4, -0.2) is 38.1 Å². The Morgan fingerprint density at radius 2 is 1.82 bits per heavy atom. The summed E-state index contributed by atoms with van der Waals surface area (Å²) in [7, 11) is -0.578. The van der Waals surface area contributed by atoms with E-state index in [9.17, 15) is 0 Å². The number of hydrogen-bond acceptors (Lipinski definition) is 5. The molecule has 0 amide bonds. The Bertz CT molecular complexity index is 701. The van der Waals surface area contributed by atoms with Crippen LogP contribution in [0.15, 0.2) is 18.5 Å². The Hall–Kier alpha value is -1.44. The second kappa shape index (κ2) is 5.04. The van der Waals surface area contributed by atoms with Gasteiger partial charge in [0.2, 0.25) is 0 Å². The molecule has 1 aliphatic rings. The van der Waals surface area contributed by atoms with Gasteiger partial charge in [0.1, 0.15) is 5.15 Å². The van der Waals surface area contributed by atoms with Crippen LogP contribution in [0.3, 0.4) is 0 Å². The molecule has 2 aromatic rings. The van der Waals surface area contributed by atoms with Gasteiger partial charge in [-0.1, -0.05) is 11.6 Å². The van der Waals surface area contributed by atoms with Crippen LogP contribution in [0.25, 0.3) is 5.95 Å². The molecule has 3 rings (SSSR count). The highest BCUT2D eigenvalue weighted by atomic mass is 35.5. The zero-order valence-corrected chi connectivity index (χ0v) is 14.0. The van der Waals surface area contributed by atoms with E-state index in [4.69, 9.17) is 20.9 Å². The largest absolute Gasteiger partial charge is 0.499 e. The fourth-order valence-electron chi connectivity index (χ4n) is 2.13. The van der Waals surface area contributed by atoms with Crippen molar-refractivity contribution in [2.75, 3.05) is 0 Å². The van der Waals surface area contributed by atoms with E-state index in [1.165, 1.54) is 0 Å². The standard InChI is InChI=1S/C14H18BClN4O2/c1-9-6-7-20(19-9)12-17-8-10(11(16)18-12)15-21-13(2,3)14(4,5)22-15/h6-8H,1-5H3.